The number of pyridine rings is 1. The number of anilines is 1. The molecule has 7 heteroatoms. The smallest absolute Gasteiger partial charge is 0.165 e. The van der Waals surface area contributed by atoms with Gasteiger partial charge in [0, 0.05) is 53.9 Å². The second-order valence-electron chi connectivity index (χ2n) is 11.5. The van der Waals surface area contributed by atoms with E-state index in [9.17, 15) is 0 Å². The number of aromatic nitrogens is 4. The van der Waals surface area contributed by atoms with Gasteiger partial charge in [-0.3, -0.25) is 0 Å². The van der Waals surface area contributed by atoms with Crippen molar-refractivity contribution in [3.63, 3.8) is 0 Å². The van der Waals surface area contributed by atoms with E-state index in [1.807, 2.05) is 23.2 Å². The summed E-state index contributed by atoms with van der Waals surface area (Å²) >= 11 is 0. The highest BCUT2D eigenvalue weighted by atomic mass is 19.1. The standard InChI is InChI=1S/C33H36FN5O/c1-20(2)19-40-30-11-6-8-22(5)31(30)39-32(25-9-7-10-28-24(25)12-14-35-28)26-18-38(15-13-29(26)37-39)33-27(34)16-23(17-36-33)21(3)4/h6-12,14,16-17,20-21,35H,13,15,18-19H2,1-5H3. The van der Waals surface area contributed by atoms with Crippen molar-refractivity contribution in [2.45, 2.75) is 53.5 Å². The van der Waals surface area contributed by atoms with E-state index in [4.69, 9.17) is 9.84 Å². The van der Waals surface area contributed by atoms with Crippen LogP contribution in [0.2, 0.25) is 0 Å². The lowest BCUT2D eigenvalue weighted by Crippen LogP contribution is -2.31. The quantitative estimate of drug-likeness (QED) is 0.232. The molecule has 40 heavy (non-hydrogen) atoms. The summed E-state index contributed by atoms with van der Waals surface area (Å²) in [5.41, 5.74) is 8.19. The third-order valence-electron chi connectivity index (χ3n) is 7.68. The Labute approximate surface area is 234 Å². The van der Waals surface area contributed by atoms with E-state index in [-0.39, 0.29) is 11.7 Å². The maximum Gasteiger partial charge on any atom is 0.165 e. The van der Waals surface area contributed by atoms with Gasteiger partial charge in [0.1, 0.15) is 11.4 Å². The van der Waals surface area contributed by atoms with Gasteiger partial charge in [0.05, 0.1) is 18.0 Å². The van der Waals surface area contributed by atoms with E-state index < -0.39 is 0 Å². The van der Waals surface area contributed by atoms with Crippen molar-refractivity contribution in [1.29, 1.82) is 0 Å². The fourth-order valence-electron chi connectivity index (χ4n) is 5.55. The summed E-state index contributed by atoms with van der Waals surface area (Å²) < 4.78 is 23.7. The van der Waals surface area contributed by atoms with E-state index >= 15 is 4.39 Å². The molecule has 1 aliphatic rings. The molecular weight excluding hydrogens is 501 g/mol. The fraction of sp³-hybridized carbons (Fsp3) is 0.333. The zero-order valence-electron chi connectivity index (χ0n) is 23.8. The summed E-state index contributed by atoms with van der Waals surface area (Å²) in [4.78, 5) is 9.97. The zero-order valence-corrected chi connectivity index (χ0v) is 23.8. The van der Waals surface area contributed by atoms with E-state index in [1.54, 1.807) is 12.3 Å². The number of nitrogens with zero attached hydrogens (tertiary/aromatic N) is 4. The molecule has 0 atom stereocenters. The average molecular weight is 538 g/mol. The summed E-state index contributed by atoms with van der Waals surface area (Å²) in [5.74, 6) is 1.54. The number of fused-ring (bicyclic) bond motifs is 2. The fourth-order valence-corrected chi connectivity index (χ4v) is 5.55. The first-order valence-corrected chi connectivity index (χ1v) is 14.1. The van der Waals surface area contributed by atoms with Gasteiger partial charge >= 0.3 is 0 Å². The van der Waals surface area contributed by atoms with Crippen LogP contribution in [0.5, 0.6) is 5.75 Å². The Kier molecular flexibility index (Phi) is 6.82. The predicted octanol–water partition coefficient (Wildman–Crippen LogP) is 7.58. The van der Waals surface area contributed by atoms with Crippen LogP contribution in [-0.2, 0) is 13.0 Å². The van der Waals surface area contributed by atoms with Crippen LogP contribution in [0.15, 0.2) is 60.9 Å². The number of hydrogen-bond donors (Lipinski definition) is 1. The molecule has 1 aliphatic heterocycles. The van der Waals surface area contributed by atoms with Crippen LogP contribution < -0.4 is 9.64 Å². The molecular formula is C33H36FN5O. The second kappa shape index (κ2) is 10.5. The third-order valence-corrected chi connectivity index (χ3v) is 7.68. The summed E-state index contributed by atoms with van der Waals surface area (Å²) in [7, 11) is 0. The molecule has 0 spiro atoms. The molecule has 6 rings (SSSR count). The SMILES string of the molecule is Cc1cccc(OCC(C)C)c1-n1nc2c(c1-c1cccc3[nH]ccc13)CN(c1ncc(C(C)C)cc1F)CC2. The normalized spacial score (nSPS) is 13.4. The number of H-pyrrole nitrogens is 1. The van der Waals surface area contributed by atoms with Crippen LogP contribution in [0.1, 0.15) is 56.0 Å². The largest absolute Gasteiger partial charge is 0.491 e. The Morgan fingerprint density at radius 2 is 1.90 bits per heavy atom. The van der Waals surface area contributed by atoms with Crippen molar-refractivity contribution >= 4 is 16.7 Å². The van der Waals surface area contributed by atoms with Gasteiger partial charge in [0.25, 0.3) is 0 Å². The van der Waals surface area contributed by atoms with Crippen molar-refractivity contribution in [1.82, 2.24) is 19.7 Å². The van der Waals surface area contributed by atoms with E-state index in [1.165, 1.54) is 0 Å². The van der Waals surface area contributed by atoms with Crippen molar-refractivity contribution < 1.29 is 9.13 Å². The molecule has 0 unspecified atom stereocenters. The van der Waals surface area contributed by atoms with Gasteiger partial charge in [-0.25, -0.2) is 14.1 Å². The van der Waals surface area contributed by atoms with Gasteiger partial charge in [0.15, 0.2) is 11.6 Å². The van der Waals surface area contributed by atoms with Gasteiger partial charge in [-0.2, -0.15) is 5.10 Å². The number of aromatic amines is 1. The minimum atomic E-state index is -0.278. The van der Waals surface area contributed by atoms with Gasteiger partial charge < -0.3 is 14.6 Å². The number of hydrogen-bond acceptors (Lipinski definition) is 4. The summed E-state index contributed by atoms with van der Waals surface area (Å²) in [6.07, 6.45) is 4.46. The minimum absolute atomic E-state index is 0.219. The number of nitrogens with one attached hydrogen (secondary N) is 1. The number of benzene rings is 2. The van der Waals surface area contributed by atoms with Crippen molar-refractivity contribution in [3.05, 3.63) is 89.1 Å². The second-order valence-corrected chi connectivity index (χ2v) is 11.5. The van der Waals surface area contributed by atoms with Crippen LogP contribution in [0.4, 0.5) is 10.2 Å². The monoisotopic (exact) mass is 537 g/mol. The van der Waals surface area contributed by atoms with Crippen LogP contribution in [0.3, 0.4) is 0 Å². The lowest BCUT2D eigenvalue weighted by atomic mass is 9.98. The Bertz CT molecular complexity index is 1680. The number of para-hydroxylation sites is 1. The zero-order chi connectivity index (χ0) is 28.0. The Morgan fingerprint density at radius 1 is 1.07 bits per heavy atom. The van der Waals surface area contributed by atoms with Gasteiger partial charge in [-0.1, -0.05) is 52.0 Å². The molecule has 0 saturated heterocycles. The van der Waals surface area contributed by atoms with Crippen LogP contribution >= 0.6 is 0 Å². The number of aryl methyl sites for hydroxylation is 1. The van der Waals surface area contributed by atoms with Crippen molar-refractivity contribution in [3.8, 4) is 22.7 Å². The first kappa shape index (κ1) is 26.1. The Hall–Kier alpha value is -4.13. The average Bonchev–Trinajstić information content (AvgIpc) is 3.56. The highest BCUT2D eigenvalue weighted by molar-refractivity contribution is 5.95. The van der Waals surface area contributed by atoms with Gasteiger partial charge in [-0.15, -0.1) is 0 Å². The Morgan fingerprint density at radius 3 is 2.67 bits per heavy atom. The molecule has 0 amide bonds. The molecule has 0 aliphatic carbocycles. The molecule has 0 radical (unpaired) electrons. The summed E-state index contributed by atoms with van der Waals surface area (Å²) in [6.45, 7) is 12.3. The maximum atomic E-state index is 15.3. The van der Waals surface area contributed by atoms with Crippen molar-refractivity contribution in [2.24, 2.45) is 5.92 Å². The molecule has 0 fully saturated rings. The third kappa shape index (κ3) is 4.63. The molecule has 6 nitrogen and oxygen atoms in total. The minimum Gasteiger partial charge on any atom is -0.491 e. The highest BCUT2D eigenvalue weighted by Crippen LogP contribution is 2.40. The first-order chi connectivity index (χ1) is 19.3. The van der Waals surface area contributed by atoms with E-state index in [0.29, 0.717) is 37.9 Å². The molecule has 4 heterocycles. The van der Waals surface area contributed by atoms with Gasteiger partial charge in [-0.05, 0) is 54.2 Å². The topological polar surface area (TPSA) is 59.0 Å². The number of ether oxygens (including phenoxy) is 1. The van der Waals surface area contributed by atoms with E-state index in [0.717, 1.165) is 56.0 Å². The lowest BCUT2D eigenvalue weighted by Gasteiger charge is -2.28. The molecule has 0 bridgehead atoms. The molecule has 5 aromatic rings. The van der Waals surface area contributed by atoms with Gasteiger partial charge in [0.2, 0.25) is 0 Å². The molecule has 2 aromatic carbocycles. The molecule has 206 valence electrons. The predicted molar refractivity (Wildman–Crippen MR) is 159 cm³/mol. The first-order valence-electron chi connectivity index (χ1n) is 14.1. The Balaban J connectivity index is 1.53. The lowest BCUT2D eigenvalue weighted by molar-refractivity contribution is 0.270. The van der Waals surface area contributed by atoms with Crippen LogP contribution in [0, 0.1) is 18.7 Å². The summed E-state index contributed by atoms with van der Waals surface area (Å²) in [5, 5.41) is 6.33. The van der Waals surface area contributed by atoms with Crippen molar-refractivity contribution in [2.75, 3.05) is 18.1 Å². The van der Waals surface area contributed by atoms with E-state index in [2.05, 4.69) is 79.6 Å². The number of halogens is 1. The van der Waals surface area contributed by atoms with Crippen LogP contribution in [-0.4, -0.2) is 32.9 Å². The molecule has 3 aromatic heterocycles. The maximum absolute atomic E-state index is 15.3. The molecule has 1 N–H and O–H groups in total. The highest BCUT2D eigenvalue weighted by Gasteiger charge is 2.30. The van der Waals surface area contributed by atoms with Crippen LogP contribution in [0.25, 0.3) is 27.8 Å². The summed E-state index contributed by atoms with van der Waals surface area (Å²) in [6, 6.07) is 16.2. The molecule has 0 saturated carbocycles. The number of rotatable bonds is 7.